The maximum absolute atomic E-state index is 11.9. The van der Waals surface area contributed by atoms with Gasteiger partial charge in [-0.15, -0.1) is 11.3 Å². The van der Waals surface area contributed by atoms with Crippen molar-refractivity contribution < 1.29 is 4.79 Å². The first-order valence-corrected chi connectivity index (χ1v) is 6.14. The van der Waals surface area contributed by atoms with Crippen LogP contribution in [0, 0.1) is 5.41 Å². The predicted molar refractivity (Wildman–Crippen MR) is 69.2 cm³/mol. The molecule has 88 valence electrons. The second kappa shape index (κ2) is 4.88. The van der Waals surface area contributed by atoms with Crippen LogP contribution in [0.5, 0.6) is 0 Å². The molecule has 0 saturated carbocycles. The average molecular weight is 257 g/mol. The van der Waals surface area contributed by atoms with Gasteiger partial charge >= 0.3 is 0 Å². The molecule has 0 saturated heterocycles. The molecule has 1 aromatic rings. The van der Waals surface area contributed by atoms with E-state index in [9.17, 15) is 4.79 Å². The minimum absolute atomic E-state index is 0.124. The highest BCUT2D eigenvalue weighted by molar-refractivity contribution is 7.80. The SMILES string of the molecule is CC(NC(=O)C(C)(C)C(N)=S)c1nccs1. The Morgan fingerprint density at radius 1 is 1.69 bits per heavy atom. The first-order valence-electron chi connectivity index (χ1n) is 4.86. The number of nitrogens with zero attached hydrogens (tertiary/aromatic N) is 1. The van der Waals surface area contributed by atoms with E-state index in [4.69, 9.17) is 18.0 Å². The van der Waals surface area contributed by atoms with E-state index < -0.39 is 5.41 Å². The van der Waals surface area contributed by atoms with Crippen LogP contribution in [0.4, 0.5) is 0 Å². The second-order valence-electron chi connectivity index (χ2n) is 4.05. The molecule has 0 fully saturated rings. The molecule has 1 amide bonds. The third-order valence-corrected chi connectivity index (χ3v) is 3.82. The number of rotatable bonds is 4. The molecule has 0 aromatic carbocycles. The van der Waals surface area contributed by atoms with Crippen molar-refractivity contribution in [1.82, 2.24) is 10.3 Å². The normalized spacial score (nSPS) is 13.2. The molecule has 1 unspecified atom stereocenters. The molecule has 0 radical (unpaired) electrons. The minimum atomic E-state index is -0.832. The Balaban J connectivity index is 2.69. The average Bonchev–Trinajstić information content (AvgIpc) is 2.69. The summed E-state index contributed by atoms with van der Waals surface area (Å²) in [4.78, 5) is 16.2. The molecule has 6 heteroatoms. The van der Waals surface area contributed by atoms with Gasteiger partial charge in [-0.05, 0) is 20.8 Å². The zero-order valence-corrected chi connectivity index (χ0v) is 11.1. The van der Waals surface area contributed by atoms with E-state index in [0.717, 1.165) is 5.01 Å². The summed E-state index contributed by atoms with van der Waals surface area (Å²) in [5.74, 6) is -0.178. The number of thiazole rings is 1. The van der Waals surface area contributed by atoms with E-state index >= 15 is 0 Å². The lowest BCUT2D eigenvalue weighted by Crippen LogP contribution is -2.45. The summed E-state index contributed by atoms with van der Waals surface area (Å²) in [6.07, 6.45) is 1.71. The minimum Gasteiger partial charge on any atom is -0.392 e. The number of hydrogen-bond acceptors (Lipinski definition) is 4. The molecular weight excluding hydrogens is 242 g/mol. The number of nitrogens with one attached hydrogen (secondary N) is 1. The van der Waals surface area contributed by atoms with Gasteiger partial charge in [-0.1, -0.05) is 12.2 Å². The van der Waals surface area contributed by atoms with Crippen LogP contribution in [0.15, 0.2) is 11.6 Å². The smallest absolute Gasteiger partial charge is 0.233 e. The van der Waals surface area contributed by atoms with E-state index in [2.05, 4.69) is 10.3 Å². The highest BCUT2D eigenvalue weighted by Gasteiger charge is 2.32. The Kier molecular flexibility index (Phi) is 3.98. The van der Waals surface area contributed by atoms with Gasteiger partial charge in [0.2, 0.25) is 5.91 Å². The summed E-state index contributed by atoms with van der Waals surface area (Å²) < 4.78 is 0. The quantitative estimate of drug-likeness (QED) is 0.805. The molecule has 1 heterocycles. The molecule has 1 aromatic heterocycles. The number of thiocarbonyl (C=S) groups is 1. The van der Waals surface area contributed by atoms with Crippen LogP contribution in [-0.4, -0.2) is 15.9 Å². The zero-order chi connectivity index (χ0) is 12.3. The summed E-state index contributed by atoms with van der Waals surface area (Å²) in [7, 11) is 0. The number of amides is 1. The Labute approximate surface area is 104 Å². The monoisotopic (exact) mass is 257 g/mol. The second-order valence-corrected chi connectivity index (χ2v) is 5.42. The number of aromatic nitrogens is 1. The van der Waals surface area contributed by atoms with Gasteiger partial charge in [-0.25, -0.2) is 4.98 Å². The molecule has 0 bridgehead atoms. The van der Waals surface area contributed by atoms with E-state index in [1.165, 1.54) is 11.3 Å². The van der Waals surface area contributed by atoms with Crippen molar-refractivity contribution in [3.8, 4) is 0 Å². The van der Waals surface area contributed by atoms with Crippen LogP contribution in [0.25, 0.3) is 0 Å². The van der Waals surface area contributed by atoms with Crippen molar-refractivity contribution in [2.24, 2.45) is 11.1 Å². The Morgan fingerprint density at radius 2 is 2.31 bits per heavy atom. The first-order chi connectivity index (χ1) is 7.35. The number of carbonyl (C=O) groups excluding carboxylic acids is 1. The standard InChI is InChI=1S/C10H15N3OS2/c1-6(7-12-4-5-16-7)13-9(14)10(2,3)8(11)15/h4-6H,1-3H3,(H2,11,15)(H,13,14). The molecule has 0 spiro atoms. The lowest BCUT2D eigenvalue weighted by atomic mass is 9.92. The molecule has 0 aliphatic heterocycles. The molecule has 16 heavy (non-hydrogen) atoms. The molecule has 0 aliphatic rings. The molecule has 1 rings (SSSR count). The third-order valence-electron chi connectivity index (χ3n) is 2.35. The van der Waals surface area contributed by atoms with Crippen LogP contribution < -0.4 is 11.1 Å². The van der Waals surface area contributed by atoms with Crippen molar-refractivity contribution in [2.75, 3.05) is 0 Å². The summed E-state index contributed by atoms with van der Waals surface area (Å²) >= 11 is 6.37. The molecule has 4 nitrogen and oxygen atoms in total. The van der Waals surface area contributed by atoms with E-state index in [0.29, 0.717) is 0 Å². The summed E-state index contributed by atoms with van der Waals surface area (Å²) in [6.45, 7) is 5.30. The van der Waals surface area contributed by atoms with E-state index in [1.54, 1.807) is 20.0 Å². The summed E-state index contributed by atoms with van der Waals surface area (Å²) in [6, 6.07) is -0.124. The number of hydrogen-bond donors (Lipinski definition) is 2. The van der Waals surface area contributed by atoms with Gasteiger partial charge in [0.1, 0.15) is 5.01 Å². The summed E-state index contributed by atoms with van der Waals surface area (Å²) in [5.41, 5.74) is 4.69. The van der Waals surface area contributed by atoms with Crippen molar-refractivity contribution in [3.63, 3.8) is 0 Å². The van der Waals surface area contributed by atoms with Crippen LogP contribution in [-0.2, 0) is 4.79 Å². The van der Waals surface area contributed by atoms with Gasteiger partial charge in [-0.2, -0.15) is 0 Å². The van der Waals surface area contributed by atoms with Crippen LogP contribution in [0.1, 0.15) is 31.8 Å². The largest absolute Gasteiger partial charge is 0.392 e. The van der Waals surface area contributed by atoms with Crippen LogP contribution in [0.3, 0.4) is 0 Å². The van der Waals surface area contributed by atoms with Crippen LogP contribution >= 0.6 is 23.6 Å². The Hall–Kier alpha value is -1.01. The molecular formula is C10H15N3OS2. The zero-order valence-electron chi connectivity index (χ0n) is 9.48. The molecule has 0 aliphatic carbocycles. The molecule has 3 N–H and O–H groups in total. The highest BCUT2D eigenvalue weighted by Crippen LogP contribution is 2.20. The van der Waals surface area contributed by atoms with Gasteiger partial charge in [0.05, 0.1) is 16.4 Å². The Morgan fingerprint density at radius 3 is 2.75 bits per heavy atom. The van der Waals surface area contributed by atoms with Gasteiger partial charge in [0, 0.05) is 11.6 Å². The van der Waals surface area contributed by atoms with Gasteiger partial charge in [0.25, 0.3) is 0 Å². The fourth-order valence-corrected chi connectivity index (χ4v) is 1.74. The predicted octanol–water partition coefficient (Wildman–Crippen LogP) is 1.63. The van der Waals surface area contributed by atoms with Crippen molar-refractivity contribution in [3.05, 3.63) is 16.6 Å². The van der Waals surface area contributed by atoms with Crippen LogP contribution in [0.2, 0.25) is 0 Å². The van der Waals surface area contributed by atoms with Crippen molar-refractivity contribution in [1.29, 1.82) is 0 Å². The fourth-order valence-electron chi connectivity index (χ4n) is 0.999. The van der Waals surface area contributed by atoms with Crippen molar-refractivity contribution in [2.45, 2.75) is 26.8 Å². The lowest BCUT2D eigenvalue weighted by molar-refractivity contribution is -0.126. The van der Waals surface area contributed by atoms with Crippen molar-refractivity contribution >= 4 is 34.5 Å². The fraction of sp³-hybridized carbons (Fsp3) is 0.500. The third kappa shape index (κ3) is 2.76. The highest BCUT2D eigenvalue weighted by atomic mass is 32.1. The van der Waals surface area contributed by atoms with E-state index in [-0.39, 0.29) is 16.9 Å². The topological polar surface area (TPSA) is 68.0 Å². The maximum atomic E-state index is 11.9. The van der Waals surface area contributed by atoms with Gasteiger partial charge in [-0.3, -0.25) is 4.79 Å². The first kappa shape index (κ1) is 13.1. The lowest BCUT2D eigenvalue weighted by Gasteiger charge is -2.24. The maximum Gasteiger partial charge on any atom is 0.233 e. The number of carbonyl (C=O) groups is 1. The summed E-state index contributed by atoms with van der Waals surface area (Å²) in [5, 5.41) is 5.58. The van der Waals surface area contributed by atoms with Gasteiger partial charge in [0.15, 0.2) is 0 Å². The number of nitrogens with two attached hydrogens (primary N) is 1. The Bertz CT molecular complexity index is 387. The van der Waals surface area contributed by atoms with Gasteiger partial charge < -0.3 is 11.1 Å². The van der Waals surface area contributed by atoms with E-state index in [1.807, 2.05) is 12.3 Å². The molecule has 1 atom stereocenters.